The molecule has 3 rings (SSSR count). The van der Waals surface area contributed by atoms with Gasteiger partial charge in [-0.2, -0.15) is 0 Å². The van der Waals surface area contributed by atoms with Gasteiger partial charge in [0.2, 0.25) is 0 Å². The van der Waals surface area contributed by atoms with Crippen molar-refractivity contribution < 1.29 is 19.1 Å². The lowest BCUT2D eigenvalue weighted by Gasteiger charge is -2.37. The molecule has 0 unspecified atom stereocenters. The molecule has 26 heavy (non-hydrogen) atoms. The van der Waals surface area contributed by atoms with E-state index in [1.165, 1.54) is 0 Å². The summed E-state index contributed by atoms with van der Waals surface area (Å²) < 4.78 is 10.6. The van der Waals surface area contributed by atoms with Gasteiger partial charge in [0.25, 0.3) is 5.91 Å². The first kappa shape index (κ1) is 18.4. The van der Waals surface area contributed by atoms with Crippen molar-refractivity contribution in [2.45, 2.75) is 51.8 Å². The Bertz CT molecular complexity index is 686. The molecule has 1 aliphatic carbocycles. The molecule has 1 fully saturated rings. The number of hydrogen-bond donors (Lipinski definition) is 3. The third-order valence-electron chi connectivity index (χ3n) is 4.36. The largest absolute Gasteiger partial charge is 0.480 e. The summed E-state index contributed by atoms with van der Waals surface area (Å²) in [6, 6.07) is 3.83. The highest BCUT2D eigenvalue weighted by molar-refractivity contribution is 5.94. The molecule has 1 aromatic heterocycles. The fourth-order valence-corrected chi connectivity index (χ4v) is 2.95. The van der Waals surface area contributed by atoms with E-state index in [2.05, 4.69) is 20.9 Å². The van der Waals surface area contributed by atoms with Crippen LogP contribution in [0.25, 0.3) is 0 Å². The fraction of sp³-hybridized carbons (Fsp3) is 0.611. The number of alkyl carbamates (subject to hydrolysis) is 1. The first-order valence-electron chi connectivity index (χ1n) is 8.93. The Labute approximate surface area is 153 Å². The van der Waals surface area contributed by atoms with Crippen molar-refractivity contribution in [2.24, 2.45) is 5.92 Å². The van der Waals surface area contributed by atoms with Crippen molar-refractivity contribution in [3.8, 4) is 5.75 Å². The summed E-state index contributed by atoms with van der Waals surface area (Å²) in [5.74, 6) is 1.24. The quantitative estimate of drug-likeness (QED) is 0.738. The van der Waals surface area contributed by atoms with Crippen LogP contribution in [0, 0.1) is 5.92 Å². The van der Waals surface area contributed by atoms with Gasteiger partial charge in [0, 0.05) is 19.1 Å². The third-order valence-corrected chi connectivity index (χ3v) is 4.36. The molecule has 2 aliphatic rings. The van der Waals surface area contributed by atoms with Crippen molar-refractivity contribution in [1.82, 2.24) is 15.6 Å². The summed E-state index contributed by atoms with van der Waals surface area (Å²) in [6.07, 6.45) is 1.67. The average molecular weight is 362 g/mol. The Morgan fingerprint density at radius 2 is 2.19 bits per heavy atom. The molecule has 0 bridgehead atoms. The molecular formula is C18H26N4O4. The smallest absolute Gasteiger partial charge is 0.407 e. The Kier molecular flexibility index (Phi) is 5.31. The molecule has 1 aromatic rings. The topological polar surface area (TPSA) is 102 Å². The molecule has 1 aliphatic heterocycles. The monoisotopic (exact) mass is 362 g/mol. The van der Waals surface area contributed by atoms with Gasteiger partial charge in [0.15, 0.2) is 18.2 Å². The third kappa shape index (κ3) is 4.85. The van der Waals surface area contributed by atoms with E-state index in [0.29, 0.717) is 24.0 Å². The van der Waals surface area contributed by atoms with Crippen LogP contribution >= 0.6 is 0 Å². The number of anilines is 1. The number of ether oxygens (including phenoxy) is 2. The molecule has 8 nitrogen and oxygen atoms in total. The van der Waals surface area contributed by atoms with Gasteiger partial charge in [-0.15, -0.1) is 0 Å². The number of nitrogens with one attached hydrogen (secondary N) is 3. The zero-order valence-corrected chi connectivity index (χ0v) is 15.4. The van der Waals surface area contributed by atoms with Crippen LogP contribution in [-0.2, 0) is 16.1 Å². The Morgan fingerprint density at radius 3 is 2.88 bits per heavy atom. The Hall–Kier alpha value is -2.35. The maximum atomic E-state index is 11.9. The van der Waals surface area contributed by atoms with Gasteiger partial charge in [-0.3, -0.25) is 4.79 Å². The van der Waals surface area contributed by atoms with E-state index in [0.717, 1.165) is 25.1 Å². The van der Waals surface area contributed by atoms with E-state index in [4.69, 9.17) is 9.47 Å². The predicted molar refractivity (Wildman–Crippen MR) is 96.0 cm³/mol. The number of hydrogen-bond acceptors (Lipinski definition) is 6. The molecule has 2 amide bonds. The van der Waals surface area contributed by atoms with Gasteiger partial charge in [-0.05, 0) is 51.7 Å². The summed E-state index contributed by atoms with van der Waals surface area (Å²) in [7, 11) is 0. The van der Waals surface area contributed by atoms with Crippen molar-refractivity contribution in [2.75, 3.05) is 18.5 Å². The standard InChI is InChI=1S/C18H26N4O4/c1-18(2,3)26-17(24)21-13-6-4-11(13)8-19-9-12-5-7-14-16(20-12)22-15(23)10-25-14/h5,7,11,13,19H,4,6,8-10H2,1-3H3,(H,21,24)(H,20,22,23)/t11-,13+/m0/s1. The molecule has 2 atom stereocenters. The summed E-state index contributed by atoms with van der Waals surface area (Å²) in [6.45, 7) is 6.95. The number of nitrogens with zero attached hydrogens (tertiary/aromatic N) is 1. The van der Waals surface area contributed by atoms with Gasteiger partial charge in [-0.1, -0.05) is 0 Å². The number of carbonyl (C=O) groups is 2. The average Bonchev–Trinajstić information content (AvgIpc) is 2.53. The maximum Gasteiger partial charge on any atom is 0.407 e. The molecule has 0 aromatic carbocycles. The molecule has 0 radical (unpaired) electrons. The first-order chi connectivity index (χ1) is 12.3. The number of amides is 2. The Morgan fingerprint density at radius 1 is 1.38 bits per heavy atom. The second-order valence-electron chi connectivity index (χ2n) is 7.71. The highest BCUT2D eigenvalue weighted by Crippen LogP contribution is 2.28. The highest BCUT2D eigenvalue weighted by Gasteiger charge is 2.32. The van der Waals surface area contributed by atoms with Crippen LogP contribution in [0.15, 0.2) is 12.1 Å². The van der Waals surface area contributed by atoms with Crippen LogP contribution in [-0.4, -0.2) is 41.8 Å². The Balaban J connectivity index is 1.43. The molecule has 3 N–H and O–H groups in total. The molecule has 142 valence electrons. The SMILES string of the molecule is CC(C)(C)OC(=O)N[C@@H]1CC[C@H]1CNCc1ccc2c(n1)NC(=O)CO2. The lowest BCUT2D eigenvalue weighted by Crippen LogP contribution is -2.51. The van der Waals surface area contributed by atoms with Gasteiger partial charge in [-0.25, -0.2) is 9.78 Å². The van der Waals surface area contributed by atoms with Crippen LogP contribution in [0.2, 0.25) is 0 Å². The normalized spacial score (nSPS) is 21.7. The number of aromatic nitrogens is 1. The predicted octanol–water partition coefficient (Wildman–Crippen LogP) is 1.81. The van der Waals surface area contributed by atoms with Crippen molar-refractivity contribution in [1.29, 1.82) is 0 Å². The first-order valence-corrected chi connectivity index (χ1v) is 8.93. The van der Waals surface area contributed by atoms with Crippen molar-refractivity contribution in [3.05, 3.63) is 17.8 Å². The molecule has 0 saturated heterocycles. The fourth-order valence-electron chi connectivity index (χ4n) is 2.95. The second-order valence-corrected chi connectivity index (χ2v) is 7.71. The van der Waals surface area contributed by atoms with Gasteiger partial charge >= 0.3 is 6.09 Å². The zero-order valence-electron chi connectivity index (χ0n) is 15.4. The highest BCUT2D eigenvalue weighted by atomic mass is 16.6. The number of rotatable bonds is 5. The van der Waals surface area contributed by atoms with Crippen LogP contribution < -0.4 is 20.7 Å². The molecular weight excluding hydrogens is 336 g/mol. The number of pyridine rings is 1. The van der Waals surface area contributed by atoms with E-state index < -0.39 is 5.60 Å². The minimum atomic E-state index is -0.487. The number of fused-ring (bicyclic) bond motifs is 1. The van der Waals surface area contributed by atoms with Crippen LogP contribution in [0.5, 0.6) is 5.75 Å². The lowest BCUT2D eigenvalue weighted by molar-refractivity contribution is -0.118. The van der Waals surface area contributed by atoms with Gasteiger partial charge in [0.05, 0.1) is 5.69 Å². The van der Waals surface area contributed by atoms with E-state index in [9.17, 15) is 9.59 Å². The van der Waals surface area contributed by atoms with Crippen molar-refractivity contribution >= 4 is 17.8 Å². The van der Waals surface area contributed by atoms with Crippen LogP contribution in [0.4, 0.5) is 10.6 Å². The number of carbonyl (C=O) groups excluding carboxylic acids is 2. The minimum absolute atomic E-state index is 0.0278. The van der Waals surface area contributed by atoms with E-state index in [-0.39, 0.29) is 24.6 Å². The zero-order chi connectivity index (χ0) is 18.7. The minimum Gasteiger partial charge on any atom is -0.480 e. The molecule has 0 spiro atoms. The lowest BCUT2D eigenvalue weighted by atomic mass is 9.79. The summed E-state index contributed by atoms with van der Waals surface area (Å²) in [5.41, 5.74) is 0.337. The second kappa shape index (κ2) is 7.49. The van der Waals surface area contributed by atoms with E-state index in [1.54, 1.807) is 0 Å². The molecule has 8 heteroatoms. The van der Waals surface area contributed by atoms with E-state index >= 15 is 0 Å². The van der Waals surface area contributed by atoms with Crippen LogP contribution in [0.3, 0.4) is 0 Å². The van der Waals surface area contributed by atoms with Gasteiger partial charge < -0.3 is 25.4 Å². The summed E-state index contributed by atoms with van der Waals surface area (Å²) in [5, 5.41) is 9.01. The summed E-state index contributed by atoms with van der Waals surface area (Å²) in [4.78, 5) is 27.6. The van der Waals surface area contributed by atoms with Gasteiger partial charge in [0.1, 0.15) is 5.60 Å². The molecule has 1 saturated carbocycles. The molecule has 2 heterocycles. The van der Waals surface area contributed by atoms with Crippen molar-refractivity contribution in [3.63, 3.8) is 0 Å². The summed E-state index contributed by atoms with van der Waals surface area (Å²) >= 11 is 0. The van der Waals surface area contributed by atoms with E-state index in [1.807, 2.05) is 32.9 Å². The van der Waals surface area contributed by atoms with Crippen LogP contribution in [0.1, 0.15) is 39.3 Å². The maximum absolute atomic E-state index is 11.9.